The molecule has 0 fully saturated rings. The number of aliphatic carboxylic acids is 1. The average Bonchev–Trinajstić information content (AvgIpc) is 0.859. The minimum absolute atomic E-state index is 0.00773. The minimum Gasteiger partial charge on any atom is -0.508 e. The summed E-state index contributed by atoms with van der Waals surface area (Å²) in [6.45, 7) is 9.37. The van der Waals surface area contributed by atoms with E-state index in [1.165, 1.54) is 31.2 Å². The van der Waals surface area contributed by atoms with Crippen LogP contribution in [0.15, 0.2) is 24.3 Å². The Morgan fingerprint density at radius 2 is 0.792 bits per heavy atom. The van der Waals surface area contributed by atoms with E-state index in [1.807, 2.05) is 0 Å². The number of carbonyl (C=O) groups excluding carboxylic acids is 13. The SMILES string of the molecule is CC(C)C[C@H](NC(=O)[C@H](CO)NC(=O)[C@H](CC(C)C)NC(=O)[C@@H](NC(=O)[C@H](CCCNC(=N)N)NC(=O)[C@H](CS)NC(=O)[C@H](Cc1ccc(O)cc1)NC(=O)[C@H](CS)NC(=O)[C@H](C)NC(=O)[C@H](CO)NC(=O)[C@@H](N)CCCNC(=N)N)C(C)C)C(=O)N[C@@H](CC(N)=O)C(=O)N[C@@H](CS)C(=O)O. The fourth-order valence-electron chi connectivity index (χ4n) is 9.24. The smallest absolute Gasteiger partial charge is 0.327 e. The standard InChI is InChI=1S/C60H102N20O18S3/c1-27(2)18-35(49(88)73-38(21-44(62)84)52(91)79-43(26-101)58(97)98)71-54(93)40(23-82)76-50(89)36(19-28(3)4)74-57(96)45(29(5)6)80-48(87)34(11-9-17-68-60(65)66)70-55(94)42(25-100)78-51(90)37(20-31-12-14-32(83)15-13-31)72-56(95)41(24-99)77-46(85)30(7)69-53(92)39(22-81)75-47(86)33(61)10-8-16-67-59(63)64/h12-15,27-30,33-43,45,81-83,99-101H,8-11,16-26,61H2,1-7H3,(H2,62,84)(H,69,92)(H,70,94)(H,71,93)(H,72,95)(H,73,88)(H,74,96)(H,75,86)(H,76,89)(H,77,85)(H,78,90)(H,79,91)(H,80,87)(H,97,98)(H4,63,64,67)(H4,65,66,68)/t30-,33-,34-,35-,36-,37-,38-,39-,40-,41-,42-,43-,45-/m0/s1. The molecule has 1 aromatic rings. The first kappa shape index (κ1) is 90.1. The molecule has 0 radical (unpaired) electrons. The molecule has 0 spiro atoms. The van der Waals surface area contributed by atoms with Gasteiger partial charge in [0.15, 0.2) is 11.9 Å². The Labute approximate surface area is 600 Å². The number of hydrogen-bond donors (Lipinski definition) is 27. The Morgan fingerprint density at radius 1 is 0.436 bits per heavy atom. The quantitative estimate of drug-likeness (QED) is 0.0125. The summed E-state index contributed by atoms with van der Waals surface area (Å²) >= 11 is 12.4. The molecule has 0 unspecified atom stereocenters. The summed E-state index contributed by atoms with van der Waals surface area (Å²) in [6, 6.07) is -14.2. The number of hydrogen-bond acceptors (Lipinski definition) is 23. The van der Waals surface area contributed by atoms with Crippen molar-refractivity contribution >= 4 is 133 Å². The number of thiol groups is 3. The molecule has 0 aliphatic carbocycles. The Bertz CT molecular complexity index is 3010. The van der Waals surface area contributed by atoms with Gasteiger partial charge in [0.25, 0.3) is 0 Å². The number of aliphatic hydroxyl groups excluding tert-OH is 2. The lowest BCUT2D eigenvalue weighted by Crippen LogP contribution is -2.62. The highest BCUT2D eigenvalue weighted by atomic mass is 32.1. The van der Waals surface area contributed by atoms with Crippen molar-refractivity contribution < 1.29 is 87.5 Å². The van der Waals surface area contributed by atoms with Crippen molar-refractivity contribution in [2.45, 2.75) is 178 Å². The Kier molecular flexibility index (Phi) is 41.5. The van der Waals surface area contributed by atoms with Gasteiger partial charge in [-0.25, -0.2) is 4.79 Å². The number of carboxylic acid groups (broad SMARTS) is 1. The van der Waals surface area contributed by atoms with Crippen LogP contribution in [0.5, 0.6) is 5.75 Å². The molecule has 0 heterocycles. The summed E-state index contributed by atoms with van der Waals surface area (Å²) in [5.41, 5.74) is 22.3. The number of phenolic OH excluding ortho intramolecular Hbond substituents is 1. The molecule has 38 nitrogen and oxygen atoms in total. The molecule has 0 saturated carbocycles. The topological polar surface area (TPSA) is 640 Å². The van der Waals surface area contributed by atoms with E-state index in [0.717, 1.165) is 0 Å². The Hall–Kier alpha value is -8.93. The number of aliphatic hydroxyl groups is 2. The second-order valence-corrected chi connectivity index (χ2v) is 25.8. The first-order valence-electron chi connectivity index (χ1n) is 32.2. The fraction of sp³-hybridized carbons (Fsp3) is 0.633. The zero-order valence-electron chi connectivity index (χ0n) is 57.3. The van der Waals surface area contributed by atoms with Gasteiger partial charge < -0.3 is 118 Å². The van der Waals surface area contributed by atoms with Gasteiger partial charge in [-0.15, -0.1) is 0 Å². The van der Waals surface area contributed by atoms with E-state index in [2.05, 4.69) is 112 Å². The molecule has 1 rings (SSSR count). The van der Waals surface area contributed by atoms with Gasteiger partial charge in [-0.1, -0.05) is 53.7 Å². The zero-order chi connectivity index (χ0) is 77.0. The number of rotatable bonds is 47. The van der Waals surface area contributed by atoms with Gasteiger partial charge in [-0.2, -0.15) is 37.9 Å². The number of phenols is 1. The maximum absolute atomic E-state index is 14.4. The number of aromatic hydroxyl groups is 1. The van der Waals surface area contributed by atoms with Gasteiger partial charge in [-0.3, -0.25) is 73.1 Å². The fourth-order valence-corrected chi connectivity index (χ4v) is 10.0. The van der Waals surface area contributed by atoms with E-state index in [-0.39, 0.29) is 86.7 Å². The highest BCUT2D eigenvalue weighted by Crippen LogP contribution is 2.15. The maximum atomic E-state index is 14.4. The number of guanidine groups is 2. The summed E-state index contributed by atoms with van der Waals surface area (Å²) in [5.74, 6) is -17.8. The summed E-state index contributed by atoms with van der Waals surface area (Å²) < 4.78 is 0. The van der Waals surface area contributed by atoms with Crippen LogP contribution in [0.25, 0.3) is 0 Å². The van der Waals surface area contributed by atoms with Crippen molar-refractivity contribution in [3.05, 3.63) is 29.8 Å². The lowest BCUT2D eigenvalue weighted by atomic mass is 9.99. The molecular weight excluding hydrogens is 1380 g/mol. The maximum Gasteiger partial charge on any atom is 0.327 e. The molecule has 13 atom stereocenters. The number of carboxylic acids is 1. The van der Waals surface area contributed by atoms with E-state index in [4.69, 9.17) is 33.8 Å². The lowest BCUT2D eigenvalue weighted by molar-refractivity contribution is -0.142. The van der Waals surface area contributed by atoms with E-state index >= 15 is 0 Å². The Morgan fingerprint density at radius 3 is 1.24 bits per heavy atom. The van der Waals surface area contributed by atoms with E-state index in [9.17, 15) is 87.5 Å². The number of nitrogens with one attached hydrogen (secondary N) is 16. The van der Waals surface area contributed by atoms with Gasteiger partial charge in [0.2, 0.25) is 76.8 Å². The van der Waals surface area contributed by atoms with Crippen molar-refractivity contribution in [1.82, 2.24) is 74.4 Å². The molecule has 41 heteroatoms. The molecule has 0 bridgehead atoms. The predicted molar refractivity (Wildman–Crippen MR) is 378 cm³/mol. The molecule has 101 heavy (non-hydrogen) atoms. The van der Waals surface area contributed by atoms with Crippen molar-refractivity contribution in [2.24, 2.45) is 40.7 Å². The number of amides is 13. The third-order valence-electron chi connectivity index (χ3n) is 14.7. The summed E-state index contributed by atoms with van der Waals surface area (Å²) in [4.78, 5) is 189. The number of nitrogens with two attached hydrogens (primary N) is 4. The predicted octanol–water partition coefficient (Wildman–Crippen LogP) is -7.89. The number of benzene rings is 1. The van der Waals surface area contributed by atoms with Gasteiger partial charge in [0.1, 0.15) is 78.3 Å². The number of primary amides is 1. The largest absolute Gasteiger partial charge is 0.508 e. The van der Waals surface area contributed by atoms with Crippen LogP contribution in [0.2, 0.25) is 0 Å². The number of carbonyl (C=O) groups is 14. The van der Waals surface area contributed by atoms with Crippen molar-refractivity contribution in [2.75, 3.05) is 43.6 Å². The van der Waals surface area contributed by atoms with E-state index < -0.39 is 199 Å². The zero-order valence-corrected chi connectivity index (χ0v) is 60.0. The normalized spacial score (nSPS) is 15.0. The molecule has 0 aromatic heterocycles. The van der Waals surface area contributed by atoms with Crippen molar-refractivity contribution in [3.8, 4) is 5.75 Å². The van der Waals surface area contributed by atoms with Gasteiger partial charge in [-0.05, 0) is 80.9 Å². The summed E-state index contributed by atoms with van der Waals surface area (Å²) in [7, 11) is 0. The second kappa shape index (κ2) is 46.5. The highest BCUT2D eigenvalue weighted by molar-refractivity contribution is 7.80. The van der Waals surface area contributed by atoms with Gasteiger partial charge >= 0.3 is 5.97 Å². The van der Waals surface area contributed by atoms with Gasteiger partial charge in [0, 0.05) is 36.8 Å². The minimum atomic E-state index is -1.78. The molecule has 0 saturated heterocycles. The lowest BCUT2D eigenvalue weighted by Gasteiger charge is -2.29. The van der Waals surface area contributed by atoms with Crippen LogP contribution in [-0.4, -0.2) is 237 Å². The van der Waals surface area contributed by atoms with Crippen LogP contribution in [0, 0.1) is 28.6 Å². The third-order valence-corrected chi connectivity index (χ3v) is 15.8. The molecule has 568 valence electrons. The third kappa shape index (κ3) is 34.3. The molecule has 0 aliphatic rings. The second-order valence-electron chi connectivity index (χ2n) is 24.7. The van der Waals surface area contributed by atoms with Crippen LogP contribution in [0.3, 0.4) is 0 Å². The van der Waals surface area contributed by atoms with Crippen LogP contribution in [0.4, 0.5) is 0 Å². The van der Waals surface area contributed by atoms with Crippen LogP contribution < -0.4 is 97.4 Å². The van der Waals surface area contributed by atoms with Crippen molar-refractivity contribution in [3.63, 3.8) is 0 Å². The molecule has 13 amide bonds. The van der Waals surface area contributed by atoms with Crippen molar-refractivity contribution in [1.29, 1.82) is 10.8 Å². The molecule has 1 aromatic carbocycles. The highest BCUT2D eigenvalue weighted by Gasteiger charge is 2.38. The van der Waals surface area contributed by atoms with E-state index in [1.54, 1.807) is 41.5 Å². The van der Waals surface area contributed by atoms with Crippen LogP contribution >= 0.6 is 37.9 Å². The molecule has 28 N–H and O–H groups in total. The first-order chi connectivity index (χ1) is 47.3. The summed E-state index contributed by atoms with van der Waals surface area (Å²) in [6.07, 6.45) is -0.955. The first-order valence-corrected chi connectivity index (χ1v) is 34.1. The summed E-state index contributed by atoms with van der Waals surface area (Å²) in [5, 5.41) is 88.7. The van der Waals surface area contributed by atoms with Crippen LogP contribution in [-0.2, 0) is 73.5 Å². The molecule has 0 aliphatic heterocycles. The monoisotopic (exact) mass is 1490 g/mol. The Balaban J connectivity index is 3.48. The van der Waals surface area contributed by atoms with Gasteiger partial charge in [0.05, 0.1) is 25.7 Å². The van der Waals surface area contributed by atoms with Crippen LogP contribution in [0.1, 0.15) is 99.0 Å². The molecular formula is C60H102N20O18S3. The van der Waals surface area contributed by atoms with E-state index in [0.29, 0.717) is 12.0 Å². The average molecular weight is 1490 g/mol.